The zero-order chi connectivity index (χ0) is 20.9. The van der Waals surface area contributed by atoms with Crippen LogP contribution in [-0.4, -0.2) is 31.7 Å². The normalized spacial score (nSPS) is 12.4. The van der Waals surface area contributed by atoms with Gasteiger partial charge in [0.1, 0.15) is 0 Å². The van der Waals surface area contributed by atoms with Gasteiger partial charge in [-0.05, 0) is 49.2 Å². The molecule has 0 aliphatic heterocycles. The maximum Gasteiger partial charge on any atom is 0.252 e. The molecule has 1 amide bonds. The smallest absolute Gasteiger partial charge is 0.252 e. The molecule has 0 saturated carbocycles. The summed E-state index contributed by atoms with van der Waals surface area (Å²) in [5.41, 5.74) is 2.43. The molecule has 1 N–H and O–H groups in total. The number of benzene rings is 2. The minimum Gasteiger partial charge on any atom is -0.346 e. The number of sulfonamides is 1. The molecule has 0 saturated heterocycles. The molecule has 0 spiro atoms. The number of nitrogens with zero attached hydrogens (tertiary/aromatic N) is 2. The first-order valence-electron chi connectivity index (χ1n) is 9.16. The summed E-state index contributed by atoms with van der Waals surface area (Å²) >= 11 is 0. The zero-order valence-electron chi connectivity index (χ0n) is 16.6. The summed E-state index contributed by atoms with van der Waals surface area (Å²) < 4.78 is 26.9. The Morgan fingerprint density at radius 3 is 2.29 bits per heavy atom. The molecule has 0 bridgehead atoms. The summed E-state index contributed by atoms with van der Waals surface area (Å²) in [6.45, 7) is 7.90. The number of carbonyl (C=O) groups excluding carboxylic acids is 1. The van der Waals surface area contributed by atoms with Crippen LogP contribution >= 0.6 is 0 Å². The molecule has 0 radical (unpaired) electrons. The molecule has 1 atom stereocenters. The Balaban J connectivity index is 2.29. The van der Waals surface area contributed by atoms with Crippen molar-refractivity contribution in [3.05, 3.63) is 64.7 Å². The lowest BCUT2D eigenvalue weighted by atomic mass is 10.0. The molecule has 2 rings (SSSR count). The summed E-state index contributed by atoms with van der Waals surface area (Å²) in [6.07, 6.45) is 0. The van der Waals surface area contributed by atoms with Crippen LogP contribution in [0.15, 0.2) is 47.4 Å². The van der Waals surface area contributed by atoms with E-state index in [1.165, 1.54) is 16.4 Å². The topological polar surface area (TPSA) is 90.3 Å². The molecule has 0 aliphatic carbocycles. The van der Waals surface area contributed by atoms with Gasteiger partial charge in [0, 0.05) is 18.7 Å². The van der Waals surface area contributed by atoms with Crippen molar-refractivity contribution in [2.45, 2.75) is 38.6 Å². The van der Waals surface area contributed by atoms with Crippen molar-refractivity contribution in [3.8, 4) is 6.07 Å². The van der Waals surface area contributed by atoms with E-state index in [4.69, 9.17) is 5.26 Å². The fourth-order valence-corrected chi connectivity index (χ4v) is 4.41. The van der Waals surface area contributed by atoms with Crippen LogP contribution in [0.5, 0.6) is 0 Å². The van der Waals surface area contributed by atoms with Gasteiger partial charge in [0.05, 0.1) is 22.6 Å². The summed E-state index contributed by atoms with van der Waals surface area (Å²) in [5.74, 6) is -0.342. The zero-order valence-corrected chi connectivity index (χ0v) is 17.4. The van der Waals surface area contributed by atoms with E-state index < -0.39 is 10.0 Å². The highest BCUT2D eigenvalue weighted by Crippen LogP contribution is 2.21. The standard InChI is InChI=1S/C21H25N3O3S/c1-5-24(6-2)28(26,27)19-12-7-15(3)20(13-19)21(25)23-16(4)18-10-8-17(14-22)9-11-18/h7-13,16H,5-6H2,1-4H3,(H,23,25). The highest BCUT2D eigenvalue weighted by Gasteiger charge is 2.24. The van der Waals surface area contributed by atoms with Gasteiger partial charge in [0.15, 0.2) is 0 Å². The van der Waals surface area contributed by atoms with Crippen LogP contribution in [0.2, 0.25) is 0 Å². The SMILES string of the molecule is CCN(CC)S(=O)(=O)c1ccc(C)c(C(=O)NC(C)c2ccc(C#N)cc2)c1. The molecular formula is C21H25N3O3S. The lowest BCUT2D eigenvalue weighted by Gasteiger charge is -2.20. The number of rotatable bonds is 7. The molecule has 2 aromatic carbocycles. The van der Waals surface area contributed by atoms with Gasteiger partial charge in [0.2, 0.25) is 10.0 Å². The van der Waals surface area contributed by atoms with Gasteiger partial charge in [-0.1, -0.05) is 32.0 Å². The summed E-state index contributed by atoms with van der Waals surface area (Å²) in [6, 6.07) is 13.4. The summed E-state index contributed by atoms with van der Waals surface area (Å²) in [7, 11) is -3.64. The molecule has 1 unspecified atom stereocenters. The maximum absolute atomic E-state index is 12.8. The van der Waals surface area contributed by atoms with E-state index in [1.54, 1.807) is 51.1 Å². The minimum absolute atomic E-state index is 0.109. The average Bonchev–Trinajstić information content (AvgIpc) is 2.68. The predicted molar refractivity (Wildman–Crippen MR) is 108 cm³/mol. The first kappa shape index (κ1) is 21.6. The van der Waals surface area contributed by atoms with Gasteiger partial charge < -0.3 is 5.32 Å². The molecule has 7 heteroatoms. The van der Waals surface area contributed by atoms with Crippen LogP contribution in [0.1, 0.15) is 53.9 Å². The van der Waals surface area contributed by atoms with E-state index >= 15 is 0 Å². The van der Waals surface area contributed by atoms with Gasteiger partial charge in [-0.15, -0.1) is 0 Å². The van der Waals surface area contributed by atoms with Crippen molar-refractivity contribution in [3.63, 3.8) is 0 Å². The monoisotopic (exact) mass is 399 g/mol. The molecule has 6 nitrogen and oxygen atoms in total. The lowest BCUT2D eigenvalue weighted by Crippen LogP contribution is -2.31. The van der Waals surface area contributed by atoms with E-state index in [1.807, 2.05) is 6.92 Å². The molecule has 0 heterocycles. The van der Waals surface area contributed by atoms with E-state index in [2.05, 4.69) is 11.4 Å². The third-order valence-electron chi connectivity index (χ3n) is 4.68. The van der Waals surface area contributed by atoms with Crippen LogP contribution in [0.3, 0.4) is 0 Å². The fourth-order valence-electron chi connectivity index (χ4n) is 2.92. The van der Waals surface area contributed by atoms with Gasteiger partial charge in [-0.2, -0.15) is 9.57 Å². The molecular weight excluding hydrogens is 374 g/mol. The molecule has 0 aromatic heterocycles. The van der Waals surface area contributed by atoms with Crippen molar-refractivity contribution in [2.24, 2.45) is 0 Å². The van der Waals surface area contributed by atoms with Crippen molar-refractivity contribution >= 4 is 15.9 Å². The van der Waals surface area contributed by atoms with Crippen molar-refractivity contribution in [2.75, 3.05) is 13.1 Å². The summed E-state index contributed by atoms with van der Waals surface area (Å²) in [5, 5.41) is 11.8. The van der Waals surface area contributed by atoms with Crippen molar-refractivity contribution in [1.29, 1.82) is 5.26 Å². The van der Waals surface area contributed by atoms with Crippen LogP contribution < -0.4 is 5.32 Å². The predicted octanol–water partition coefficient (Wildman–Crippen LogP) is 3.39. The quantitative estimate of drug-likeness (QED) is 0.773. The molecule has 0 aliphatic rings. The first-order chi connectivity index (χ1) is 13.2. The van der Waals surface area contributed by atoms with Crippen molar-refractivity contribution < 1.29 is 13.2 Å². The summed E-state index contributed by atoms with van der Waals surface area (Å²) in [4.78, 5) is 12.9. The second kappa shape index (κ2) is 9.00. The van der Waals surface area contributed by atoms with Crippen molar-refractivity contribution in [1.82, 2.24) is 9.62 Å². The fraction of sp³-hybridized carbons (Fsp3) is 0.333. The molecule has 148 valence electrons. The Bertz CT molecular complexity index is 989. The Morgan fingerprint density at radius 1 is 1.14 bits per heavy atom. The van der Waals surface area contributed by atoms with Gasteiger partial charge in [-0.3, -0.25) is 4.79 Å². The average molecular weight is 400 g/mol. The first-order valence-corrected chi connectivity index (χ1v) is 10.6. The van der Waals surface area contributed by atoms with E-state index in [9.17, 15) is 13.2 Å². The molecule has 2 aromatic rings. The second-order valence-electron chi connectivity index (χ2n) is 6.50. The third-order valence-corrected chi connectivity index (χ3v) is 6.73. The minimum atomic E-state index is -3.64. The van der Waals surface area contributed by atoms with Crippen LogP contribution in [-0.2, 0) is 10.0 Å². The number of amides is 1. The number of nitriles is 1. The third kappa shape index (κ3) is 4.58. The highest BCUT2D eigenvalue weighted by molar-refractivity contribution is 7.89. The van der Waals surface area contributed by atoms with E-state index in [0.717, 1.165) is 5.56 Å². The highest BCUT2D eigenvalue weighted by atomic mass is 32.2. The number of carbonyl (C=O) groups is 1. The second-order valence-corrected chi connectivity index (χ2v) is 8.43. The number of aryl methyl sites for hydroxylation is 1. The van der Waals surface area contributed by atoms with Gasteiger partial charge >= 0.3 is 0 Å². The van der Waals surface area contributed by atoms with Crippen LogP contribution in [0, 0.1) is 18.3 Å². The number of hydrogen-bond acceptors (Lipinski definition) is 4. The largest absolute Gasteiger partial charge is 0.346 e. The lowest BCUT2D eigenvalue weighted by molar-refractivity contribution is 0.0939. The Hall–Kier alpha value is -2.69. The Labute approximate surface area is 166 Å². The number of hydrogen-bond donors (Lipinski definition) is 1. The molecule has 0 fully saturated rings. The van der Waals surface area contributed by atoms with Crippen LogP contribution in [0.4, 0.5) is 0 Å². The maximum atomic E-state index is 12.8. The Morgan fingerprint density at radius 2 is 1.75 bits per heavy atom. The molecule has 28 heavy (non-hydrogen) atoms. The Kier molecular flexibility index (Phi) is 6.95. The number of nitrogens with one attached hydrogen (secondary N) is 1. The van der Waals surface area contributed by atoms with E-state index in [0.29, 0.717) is 29.8 Å². The van der Waals surface area contributed by atoms with Gasteiger partial charge in [0.25, 0.3) is 5.91 Å². The van der Waals surface area contributed by atoms with Gasteiger partial charge in [-0.25, -0.2) is 8.42 Å². The van der Waals surface area contributed by atoms with Crippen LogP contribution in [0.25, 0.3) is 0 Å². The van der Waals surface area contributed by atoms with E-state index in [-0.39, 0.29) is 16.8 Å².